The summed E-state index contributed by atoms with van der Waals surface area (Å²) in [5.41, 5.74) is 0. The van der Waals surface area contributed by atoms with Crippen LogP contribution in [0.3, 0.4) is 0 Å². The summed E-state index contributed by atoms with van der Waals surface area (Å²) >= 11 is 0. The molecule has 0 saturated carbocycles. The summed E-state index contributed by atoms with van der Waals surface area (Å²) in [7, 11) is 0. The van der Waals surface area contributed by atoms with Gasteiger partial charge in [0, 0.05) is 0 Å². The van der Waals surface area contributed by atoms with Crippen molar-refractivity contribution in [2.24, 2.45) is 0 Å². The lowest BCUT2D eigenvalue weighted by molar-refractivity contribution is 0.148. The minimum absolute atomic E-state index is 0.414. The largest absolute Gasteiger partial charge is 0.495 e. The minimum atomic E-state index is 0.414. The van der Waals surface area contributed by atoms with Gasteiger partial charge in [-0.15, -0.1) is 0 Å². The zero-order valence-electron chi connectivity index (χ0n) is 8.55. The average molecular weight is 184 g/mol. The SMILES string of the molecule is C=COCC(=C)OCCCCCC. The molecule has 0 saturated heterocycles. The number of hydrogen-bond donors (Lipinski definition) is 0. The van der Waals surface area contributed by atoms with Crippen molar-refractivity contribution in [1.82, 2.24) is 0 Å². The molecular weight excluding hydrogens is 164 g/mol. The molecule has 0 atom stereocenters. The molecule has 0 aromatic carbocycles. The predicted octanol–water partition coefficient (Wildman–Crippen LogP) is 3.26. The van der Waals surface area contributed by atoms with Crippen LogP contribution in [0.25, 0.3) is 0 Å². The summed E-state index contributed by atoms with van der Waals surface area (Å²) in [6, 6.07) is 0. The van der Waals surface area contributed by atoms with Crippen LogP contribution in [0.1, 0.15) is 32.6 Å². The van der Waals surface area contributed by atoms with Gasteiger partial charge >= 0.3 is 0 Å². The van der Waals surface area contributed by atoms with Gasteiger partial charge in [0.15, 0.2) is 0 Å². The third kappa shape index (κ3) is 8.99. The molecule has 76 valence electrons. The summed E-state index contributed by atoms with van der Waals surface area (Å²) in [4.78, 5) is 0. The van der Waals surface area contributed by atoms with Gasteiger partial charge in [-0.25, -0.2) is 0 Å². The molecule has 13 heavy (non-hydrogen) atoms. The van der Waals surface area contributed by atoms with Gasteiger partial charge in [-0.3, -0.25) is 0 Å². The van der Waals surface area contributed by atoms with E-state index in [-0.39, 0.29) is 0 Å². The highest BCUT2D eigenvalue weighted by Crippen LogP contribution is 2.02. The fourth-order valence-corrected chi connectivity index (χ4v) is 0.939. The van der Waals surface area contributed by atoms with E-state index in [4.69, 9.17) is 9.47 Å². The lowest BCUT2D eigenvalue weighted by Crippen LogP contribution is -1.99. The first-order valence-corrected chi connectivity index (χ1v) is 4.84. The van der Waals surface area contributed by atoms with Gasteiger partial charge < -0.3 is 9.47 Å². The highest BCUT2D eigenvalue weighted by atomic mass is 16.5. The third-order valence-electron chi connectivity index (χ3n) is 1.67. The molecule has 2 heteroatoms. The molecule has 0 unspecified atom stereocenters. The molecule has 0 aliphatic rings. The third-order valence-corrected chi connectivity index (χ3v) is 1.67. The molecule has 2 nitrogen and oxygen atoms in total. The Bertz CT molecular complexity index is 141. The van der Waals surface area contributed by atoms with Crippen molar-refractivity contribution >= 4 is 0 Å². The highest BCUT2D eigenvalue weighted by Gasteiger charge is 1.93. The Morgan fingerprint density at radius 2 is 2.08 bits per heavy atom. The number of ether oxygens (including phenoxy) is 2. The molecule has 0 bridgehead atoms. The van der Waals surface area contributed by atoms with Crippen LogP contribution >= 0.6 is 0 Å². The Morgan fingerprint density at radius 3 is 2.69 bits per heavy atom. The molecule has 0 rings (SSSR count). The van der Waals surface area contributed by atoms with Gasteiger partial charge in [-0.2, -0.15) is 0 Å². The summed E-state index contributed by atoms with van der Waals surface area (Å²) in [6.45, 7) is 10.5. The van der Waals surface area contributed by atoms with Crippen molar-refractivity contribution in [2.45, 2.75) is 32.6 Å². The molecule has 0 aromatic heterocycles. The molecular formula is C11H20O2. The molecule has 0 aliphatic carbocycles. The zero-order valence-corrected chi connectivity index (χ0v) is 8.55. The fourth-order valence-electron chi connectivity index (χ4n) is 0.939. The Kier molecular flexibility index (Phi) is 8.52. The van der Waals surface area contributed by atoms with Crippen LogP contribution < -0.4 is 0 Å². The molecule has 0 amide bonds. The van der Waals surface area contributed by atoms with Crippen molar-refractivity contribution in [3.8, 4) is 0 Å². The number of unbranched alkanes of at least 4 members (excludes halogenated alkanes) is 3. The van der Waals surface area contributed by atoms with E-state index in [2.05, 4.69) is 20.1 Å². The van der Waals surface area contributed by atoms with E-state index < -0.39 is 0 Å². The maximum atomic E-state index is 5.32. The van der Waals surface area contributed by atoms with Crippen LogP contribution in [-0.2, 0) is 9.47 Å². The Balaban J connectivity index is 3.12. The van der Waals surface area contributed by atoms with Crippen LogP contribution in [0, 0.1) is 0 Å². The lowest BCUT2D eigenvalue weighted by Gasteiger charge is -2.07. The van der Waals surface area contributed by atoms with E-state index in [9.17, 15) is 0 Å². The maximum absolute atomic E-state index is 5.32. The average Bonchev–Trinajstić information content (AvgIpc) is 2.14. The predicted molar refractivity (Wildman–Crippen MR) is 55.4 cm³/mol. The van der Waals surface area contributed by atoms with E-state index in [1.807, 2.05) is 0 Å². The van der Waals surface area contributed by atoms with Gasteiger partial charge in [0.1, 0.15) is 12.4 Å². The van der Waals surface area contributed by atoms with Crippen molar-refractivity contribution < 1.29 is 9.47 Å². The highest BCUT2D eigenvalue weighted by molar-refractivity contribution is 4.82. The Hall–Kier alpha value is -0.920. The van der Waals surface area contributed by atoms with Gasteiger partial charge in [0.2, 0.25) is 0 Å². The first-order chi connectivity index (χ1) is 6.31. The van der Waals surface area contributed by atoms with E-state index in [1.165, 1.54) is 25.5 Å². The van der Waals surface area contributed by atoms with E-state index in [1.54, 1.807) is 0 Å². The van der Waals surface area contributed by atoms with E-state index in [0.29, 0.717) is 12.4 Å². The van der Waals surface area contributed by atoms with Crippen molar-refractivity contribution in [3.63, 3.8) is 0 Å². The normalized spacial score (nSPS) is 9.31. The van der Waals surface area contributed by atoms with Gasteiger partial charge in [-0.1, -0.05) is 39.3 Å². The lowest BCUT2D eigenvalue weighted by atomic mass is 10.2. The molecule has 0 fully saturated rings. The van der Waals surface area contributed by atoms with Crippen LogP contribution in [0.2, 0.25) is 0 Å². The van der Waals surface area contributed by atoms with Crippen LogP contribution in [0.5, 0.6) is 0 Å². The first-order valence-electron chi connectivity index (χ1n) is 4.84. The number of rotatable bonds is 9. The van der Waals surface area contributed by atoms with Gasteiger partial charge in [0.05, 0.1) is 12.9 Å². The second-order valence-corrected chi connectivity index (χ2v) is 2.93. The number of hydrogen-bond acceptors (Lipinski definition) is 2. The van der Waals surface area contributed by atoms with E-state index in [0.717, 1.165) is 13.0 Å². The minimum Gasteiger partial charge on any atom is -0.495 e. The van der Waals surface area contributed by atoms with Crippen LogP contribution in [0.15, 0.2) is 25.2 Å². The molecule has 0 radical (unpaired) electrons. The molecule has 0 aliphatic heterocycles. The van der Waals surface area contributed by atoms with Crippen molar-refractivity contribution in [2.75, 3.05) is 13.2 Å². The molecule has 0 spiro atoms. The first kappa shape index (κ1) is 12.1. The standard InChI is InChI=1S/C11H20O2/c1-4-6-7-8-9-13-11(3)10-12-5-2/h5H,2-4,6-10H2,1H3. The Morgan fingerprint density at radius 1 is 1.31 bits per heavy atom. The monoisotopic (exact) mass is 184 g/mol. The van der Waals surface area contributed by atoms with Crippen molar-refractivity contribution in [3.05, 3.63) is 25.2 Å². The smallest absolute Gasteiger partial charge is 0.144 e. The fraction of sp³-hybridized carbons (Fsp3) is 0.636. The maximum Gasteiger partial charge on any atom is 0.144 e. The molecule has 0 N–H and O–H groups in total. The Labute approximate surface area is 81.2 Å². The summed E-state index contributed by atoms with van der Waals surface area (Å²) in [6.07, 6.45) is 6.25. The summed E-state index contributed by atoms with van der Waals surface area (Å²) in [5.74, 6) is 0.677. The zero-order chi connectivity index (χ0) is 9.94. The van der Waals surface area contributed by atoms with Crippen LogP contribution in [-0.4, -0.2) is 13.2 Å². The molecule has 0 aromatic rings. The summed E-state index contributed by atoms with van der Waals surface area (Å²) < 4.78 is 10.2. The van der Waals surface area contributed by atoms with Gasteiger partial charge in [-0.05, 0) is 6.42 Å². The summed E-state index contributed by atoms with van der Waals surface area (Å²) in [5, 5.41) is 0. The topological polar surface area (TPSA) is 18.5 Å². The second kappa shape index (κ2) is 9.17. The van der Waals surface area contributed by atoms with Crippen LogP contribution in [0.4, 0.5) is 0 Å². The van der Waals surface area contributed by atoms with E-state index >= 15 is 0 Å². The molecule has 0 heterocycles. The second-order valence-electron chi connectivity index (χ2n) is 2.93. The van der Waals surface area contributed by atoms with Gasteiger partial charge in [0.25, 0.3) is 0 Å². The quantitative estimate of drug-likeness (QED) is 0.404. The van der Waals surface area contributed by atoms with Crippen molar-refractivity contribution in [1.29, 1.82) is 0 Å².